The molecule has 92 valence electrons. The van der Waals surface area contributed by atoms with E-state index in [1.165, 1.54) is 16.5 Å². The van der Waals surface area contributed by atoms with Gasteiger partial charge in [-0.3, -0.25) is 0 Å². The van der Waals surface area contributed by atoms with E-state index in [1.807, 2.05) is 12.1 Å². The second-order valence-corrected chi connectivity index (χ2v) is 4.57. The lowest BCUT2D eigenvalue weighted by Crippen LogP contribution is -2.01. The third kappa shape index (κ3) is 1.98. The van der Waals surface area contributed by atoms with Crippen LogP contribution in [0.3, 0.4) is 0 Å². The fourth-order valence-electron chi connectivity index (χ4n) is 2.37. The molecule has 0 fully saturated rings. The van der Waals surface area contributed by atoms with Gasteiger partial charge in [0.15, 0.2) is 0 Å². The molecule has 0 spiro atoms. The zero-order chi connectivity index (χ0) is 13.2. The van der Waals surface area contributed by atoms with Gasteiger partial charge in [-0.15, -0.1) is 0 Å². The highest BCUT2D eigenvalue weighted by Gasteiger charge is 2.06. The molecule has 0 aliphatic carbocycles. The van der Waals surface area contributed by atoms with E-state index in [0.29, 0.717) is 12.2 Å². The Bertz CT molecular complexity index is 778. The molecule has 0 saturated heterocycles. The first-order valence-corrected chi connectivity index (χ1v) is 6.18. The zero-order valence-corrected chi connectivity index (χ0v) is 10.7. The number of nitriles is 1. The molecule has 1 aromatic carbocycles. The topological polar surface area (TPSA) is 41.6 Å². The highest BCUT2D eigenvalue weighted by atomic mass is 15.0. The van der Waals surface area contributed by atoms with Crippen molar-refractivity contribution >= 4 is 10.9 Å². The van der Waals surface area contributed by atoms with Gasteiger partial charge >= 0.3 is 0 Å². The largest absolute Gasteiger partial charge is 0.343 e. The van der Waals surface area contributed by atoms with E-state index in [-0.39, 0.29) is 0 Å². The van der Waals surface area contributed by atoms with Crippen LogP contribution in [0, 0.1) is 18.3 Å². The van der Waals surface area contributed by atoms with Crippen molar-refractivity contribution in [3.63, 3.8) is 0 Å². The van der Waals surface area contributed by atoms with Crippen molar-refractivity contribution in [3.8, 4) is 6.07 Å². The van der Waals surface area contributed by atoms with Crippen LogP contribution in [-0.2, 0) is 6.54 Å². The van der Waals surface area contributed by atoms with E-state index in [4.69, 9.17) is 5.26 Å². The van der Waals surface area contributed by atoms with Gasteiger partial charge in [-0.25, -0.2) is 4.98 Å². The number of nitrogens with zero attached hydrogens (tertiary/aromatic N) is 3. The Morgan fingerprint density at radius 2 is 2.11 bits per heavy atom. The Morgan fingerprint density at radius 1 is 1.21 bits per heavy atom. The molecular formula is C16H13N3. The lowest BCUT2D eigenvalue weighted by Gasteiger charge is -2.07. The smallest absolute Gasteiger partial charge is 0.145 e. The average molecular weight is 247 g/mol. The molecule has 3 rings (SSSR count). The lowest BCUT2D eigenvalue weighted by atomic mass is 10.1. The molecule has 2 heterocycles. The maximum Gasteiger partial charge on any atom is 0.145 e. The molecule has 0 bridgehead atoms. The van der Waals surface area contributed by atoms with Crippen LogP contribution in [0.15, 0.2) is 48.8 Å². The SMILES string of the molecule is Cc1cccc2c1ccn2Cc1cccnc1C#N. The maximum absolute atomic E-state index is 9.08. The van der Waals surface area contributed by atoms with Crippen molar-refractivity contribution < 1.29 is 0 Å². The first-order chi connectivity index (χ1) is 9.29. The Kier molecular flexibility index (Phi) is 2.77. The van der Waals surface area contributed by atoms with Crippen molar-refractivity contribution in [2.75, 3.05) is 0 Å². The maximum atomic E-state index is 9.08. The Morgan fingerprint density at radius 3 is 2.95 bits per heavy atom. The van der Waals surface area contributed by atoms with Crippen molar-refractivity contribution in [1.82, 2.24) is 9.55 Å². The second-order valence-electron chi connectivity index (χ2n) is 4.57. The molecule has 2 aromatic heterocycles. The fourth-order valence-corrected chi connectivity index (χ4v) is 2.37. The summed E-state index contributed by atoms with van der Waals surface area (Å²) < 4.78 is 2.15. The van der Waals surface area contributed by atoms with Crippen LogP contribution in [0.5, 0.6) is 0 Å². The van der Waals surface area contributed by atoms with E-state index >= 15 is 0 Å². The van der Waals surface area contributed by atoms with Gasteiger partial charge in [-0.2, -0.15) is 5.26 Å². The molecule has 0 unspecified atom stereocenters. The van der Waals surface area contributed by atoms with Crippen LogP contribution in [0.25, 0.3) is 10.9 Å². The summed E-state index contributed by atoms with van der Waals surface area (Å²) in [6.07, 6.45) is 3.71. The summed E-state index contributed by atoms with van der Waals surface area (Å²) in [7, 11) is 0. The second kappa shape index (κ2) is 4.58. The monoisotopic (exact) mass is 247 g/mol. The first-order valence-electron chi connectivity index (χ1n) is 6.18. The minimum Gasteiger partial charge on any atom is -0.343 e. The van der Waals surface area contributed by atoms with E-state index in [1.54, 1.807) is 6.20 Å². The molecule has 0 saturated carbocycles. The molecule has 3 heteroatoms. The van der Waals surface area contributed by atoms with Gasteiger partial charge in [-0.1, -0.05) is 18.2 Å². The van der Waals surface area contributed by atoms with Gasteiger partial charge in [0.2, 0.25) is 0 Å². The normalized spacial score (nSPS) is 10.5. The molecule has 0 N–H and O–H groups in total. The Hall–Kier alpha value is -2.60. The number of aryl methyl sites for hydroxylation is 1. The van der Waals surface area contributed by atoms with Crippen LogP contribution >= 0.6 is 0 Å². The van der Waals surface area contributed by atoms with Crippen molar-refractivity contribution in [2.24, 2.45) is 0 Å². The van der Waals surface area contributed by atoms with Gasteiger partial charge in [0, 0.05) is 28.9 Å². The van der Waals surface area contributed by atoms with E-state index in [0.717, 1.165) is 5.56 Å². The Balaban J connectivity index is 2.07. The van der Waals surface area contributed by atoms with Crippen molar-refractivity contribution in [1.29, 1.82) is 5.26 Å². The number of benzene rings is 1. The molecular weight excluding hydrogens is 234 g/mol. The summed E-state index contributed by atoms with van der Waals surface area (Å²) in [6, 6.07) is 14.3. The summed E-state index contributed by atoms with van der Waals surface area (Å²) in [5.74, 6) is 0. The third-order valence-electron chi connectivity index (χ3n) is 3.37. The van der Waals surface area contributed by atoms with Gasteiger partial charge in [0.25, 0.3) is 0 Å². The number of rotatable bonds is 2. The summed E-state index contributed by atoms with van der Waals surface area (Å²) >= 11 is 0. The quantitative estimate of drug-likeness (QED) is 0.697. The minimum absolute atomic E-state index is 0.497. The van der Waals surface area contributed by atoms with Crippen LogP contribution in [0.2, 0.25) is 0 Å². The predicted molar refractivity (Wildman–Crippen MR) is 74.7 cm³/mol. The number of aromatic nitrogens is 2. The zero-order valence-electron chi connectivity index (χ0n) is 10.7. The van der Waals surface area contributed by atoms with Crippen LogP contribution in [0.1, 0.15) is 16.8 Å². The van der Waals surface area contributed by atoms with E-state index in [9.17, 15) is 0 Å². The third-order valence-corrected chi connectivity index (χ3v) is 3.37. The van der Waals surface area contributed by atoms with Crippen LogP contribution in [0.4, 0.5) is 0 Å². The van der Waals surface area contributed by atoms with E-state index < -0.39 is 0 Å². The molecule has 19 heavy (non-hydrogen) atoms. The molecule has 0 amide bonds. The van der Waals surface area contributed by atoms with Crippen LogP contribution < -0.4 is 0 Å². The van der Waals surface area contributed by atoms with E-state index in [2.05, 4.69) is 53.0 Å². The summed E-state index contributed by atoms with van der Waals surface area (Å²) in [5, 5.41) is 10.3. The standard InChI is InChI=1S/C16H13N3/c1-12-4-2-6-16-14(12)7-9-19(16)11-13-5-3-8-18-15(13)10-17/h2-9H,11H2,1H3. The molecule has 0 aliphatic heterocycles. The number of hydrogen-bond acceptors (Lipinski definition) is 2. The summed E-state index contributed by atoms with van der Waals surface area (Å²) in [6.45, 7) is 2.78. The number of fused-ring (bicyclic) bond motifs is 1. The lowest BCUT2D eigenvalue weighted by molar-refractivity contribution is 0.827. The summed E-state index contributed by atoms with van der Waals surface area (Å²) in [4.78, 5) is 4.10. The van der Waals surface area contributed by atoms with Crippen molar-refractivity contribution in [3.05, 3.63) is 65.6 Å². The fraction of sp³-hybridized carbons (Fsp3) is 0.125. The number of hydrogen-bond donors (Lipinski definition) is 0. The van der Waals surface area contributed by atoms with Crippen LogP contribution in [-0.4, -0.2) is 9.55 Å². The number of pyridine rings is 1. The predicted octanol–water partition coefficient (Wildman–Crippen LogP) is 3.26. The highest BCUT2D eigenvalue weighted by Crippen LogP contribution is 2.21. The Labute approximate surface area is 111 Å². The highest BCUT2D eigenvalue weighted by molar-refractivity contribution is 5.83. The van der Waals surface area contributed by atoms with Gasteiger partial charge in [-0.05, 0) is 30.7 Å². The van der Waals surface area contributed by atoms with Gasteiger partial charge < -0.3 is 4.57 Å². The first kappa shape index (κ1) is 11.5. The van der Waals surface area contributed by atoms with Gasteiger partial charge in [0.1, 0.15) is 11.8 Å². The van der Waals surface area contributed by atoms with Crippen molar-refractivity contribution in [2.45, 2.75) is 13.5 Å². The average Bonchev–Trinajstić information content (AvgIpc) is 2.84. The minimum atomic E-state index is 0.497. The molecule has 0 aliphatic rings. The molecule has 3 aromatic rings. The van der Waals surface area contributed by atoms with Gasteiger partial charge in [0.05, 0.1) is 6.54 Å². The summed E-state index contributed by atoms with van der Waals surface area (Å²) in [5.41, 5.74) is 3.90. The molecule has 3 nitrogen and oxygen atoms in total. The molecule has 0 atom stereocenters. The molecule has 0 radical (unpaired) electrons.